The van der Waals surface area contributed by atoms with Gasteiger partial charge in [0.15, 0.2) is 17.8 Å². The van der Waals surface area contributed by atoms with Crippen molar-refractivity contribution in [3.05, 3.63) is 24.2 Å². The van der Waals surface area contributed by atoms with Crippen molar-refractivity contribution in [2.24, 2.45) is 23.2 Å². The van der Waals surface area contributed by atoms with Gasteiger partial charge in [0.05, 0.1) is 40.8 Å². The van der Waals surface area contributed by atoms with Gasteiger partial charge in [0, 0.05) is 27.2 Å². The van der Waals surface area contributed by atoms with Gasteiger partial charge in [0.2, 0.25) is 0 Å². The number of ether oxygens (including phenoxy) is 7. The van der Waals surface area contributed by atoms with Crippen molar-refractivity contribution in [3.63, 3.8) is 0 Å². The fourth-order valence-corrected chi connectivity index (χ4v) is 7.98. The SMILES string of the molecule is CCC(C)C(=O)OC[C@]12C(OC(=O)c3ccoc3)[C@H](OC(=O)C(C)C)C3C(OC(C)=O)C1(OC3(C)C)[C@@](C)(O)C[C@H](OC(C)=O)[C@@H]2OC(C)=O. The van der Waals surface area contributed by atoms with Crippen LogP contribution in [0.15, 0.2) is 23.0 Å². The van der Waals surface area contributed by atoms with Crippen molar-refractivity contribution in [1.29, 1.82) is 0 Å². The smallest absolute Gasteiger partial charge is 0.341 e. The molecule has 5 unspecified atom stereocenters. The zero-order valence-corrected chi connectivity index (χ0v) is 30.1. The lowest BCUT2D eigenvalue weighted by Gasteiger charge is -2.66. The largest absolute Gasteiger partial charge is 0.472 e. The summed E-state index contributed by atoms with van der Waals surface area (Å²) in [6, 6.07) is 1.32. The van der Waals surface area contributed by atoms with Crippen molar-refractivity contribution in [2.75, 3.05) is 6.61 Å². The van der Waals surface area contributed by atoms with Gasteiger partial charge in [0.25, 0.3) is 0 Å². The first-order valence-corrected chi connectivity index (χ1v) is 16.7. The van der Waals surface area contributed by atoms with Crippen LogP contribution in [0.2, 0.25) is 0 Å². The maximum Gasteiger partial charge on any atom is 0.341 e. The quantitative estimate of drug-likeness (QED) is 0.259. The van der Waals surface area contributed by atoms with E-state index in [9.17, 15) is 33.9 Å². The van der Waals surface area contributed by atoms with Crippen molar-refractivity contribution in [2.45, 2.75) is 129 Å². The normalized spacial score (nSPS) is 34.5. The minimum absolute atomic E-state index is 0.0579. The van der Waals surface area contributed by atoms with Crippen LogP contribution in [0.4, 0.5) is 0 Å². The highest BCUT2D eigenvalue weighted by Crippen LogP contribution is 2.69. The summed E-state index contributed by atoms with van der Waals surface area (Å²) < 4.78 is 48.1. The monoisotopic (exact) mass is 708 g/mol. The molecule has 1 aromatic rings. The van der Waals surface area contributed by atoms with Crippen LogP contribution in [-0.4, -0.2) is 94.9 Å². The third-order valence-electron chi connectivity index (χ3n) is 10.1. The van der Waals surface area contributed by atoms with Crippen molar-refractivity contribution in [3.8, 4) is 0 Å². The number of aliphatic hydroxyl groups is 1. The van der Waals surface area contributed by atoms with Crippen molar-refractivity contribution < 1.29 is 71.4 Å². The number of hydrogen-bond acceptors (Lipinski definition) is 15. The highest BCUT2D eigenvalue weighted by atomic mass is 16.7. The molecule has 2 heterocycles. The maximum atomic E-state index is 13.9. The summed E-state index contributed by atoms with van der Waals surface area (Å²) in [6.45, 7) is 13.6. The molecule has 1 N–H and O–H groups in total. The number of hydrogen-bond donors (Lipinski definition) is 1. The van der Waals surface area contributed by atoms with E-state index in [0.29, 0.717) is 6.42 Å². The zero-order chi connectivity index (χ0) is 37.6. The Morgan fingerprint density at radius 1 is 0.860 bits per heavy atom. The van der Waals surface area contributed by atoms with Crippen LogP contribution in [-0.2, 0) is 57.1 Å². The van der Waals surface area contributed by atoms with Crippen LogP contribution in [0.1, 0.15) is 92.4 Å². The van der Waals surface area contributed by atoms with Crippen LogP contribution in [0, 0.1) is 23.2 Å². The Morgan fingerprint density at radius 3 is 1.98 bits per heavy atom. The number of rotatable bonds is 11. The van der Waals surface area contributed by atoms with E-state index in [2.05, 4.69) is 0 Å². The van der Waals surface area contributed by atoms with E-state index in [1.165, 1.54) is 19.3 Å². The second kappa shape index (κ2) is 14.0. The molecule has 278 valence electrons. The lowest BCUT2D eigenvalue weighted by atomic mass is 9.45. The summed E-state index contributed by atoms with van der Waals surface area (Å²) in [5.74, 6) is -7.47. The summed E-state index contributed by atoms with van der Waals surface area (Å²) in [6.07, 6.45) is -5.74. The lowest BCUT2D eigenvalue weighted by Crippen LogP contribution is -2.85. The second-order valence-corrected chi connectivity index (χ2v) is 14.5. The van der Waals surface area contributed by atoms with Gasteiger partial charge in [-0.15, -0.1) is 0 Å². The molecule has 2 aliphatic carbocycles. The van der Waals surface area contributed by atoms with E-state index < -0.39 is 119 Å². The maximum absolute atomic E-state index is 13.9. The average Bonchev–Trinajstić information content (AvgIpc) is 3.60. The number of furan rings is 1. The molecule has 15 nitrogen and oxygen atoms in total. The van der Waals surface area contributed by atoms with E-state index in [1.54, 1.807) is 41.5 Å². The number of carbonyl (C=O) groups excluding carboxylic acids is 6. The minimum atomic E-state index is -2.30. The number of esters is 6. The molecule has 0 aromatic carbocycles. The van der Waals surface area contributed by atoms with E-state index in [1.807, 2.05) is 0 Å². The highest BCUT2D eigenvalue weighted by molar-refractivity contribution is 5.89. The Balaban J connectivity index is 2.19. The molecule has 3 fully saturated rings. The number of fused-ring (bicyclic) bond motifs is 1. The molecule has 4 rings (SSSR count). The molecular formula is C35H48O15. The molecule has 1 aromatic heterocycles. The van der Waals surface area contributed by atoms with E-state index in [4.69, 9.17) is 37.6 Å². The molecule has 2 bridgehead atoms. The highest BCUT2D eigenvalue weighted by Gasteiger charge is 2.89. The third kappa shape index (κ3) is 6.49. The first-order valence-electron chi connectivity index (χ1n) is 16.7. The van der Waals surface area contributed by atoms with Crippen molar-refractivity contribution in [1.82, 2.24) is 0 Å². The van der Waals surface area contributed by atoms with Gasteiger partial charge in [-0.1, -0.05) is 27.7 Å². The average molecular weight is 709 g/mol. The molecular weight excluding hydrogens is 660 g/mol. The van der Waals surface area contributed by atoms with Crippen LogP contribution in [0.5, 0.6) is 0 Å². The minimum Gasteiger partial charge on any atom is -0.472 e. The molecule has 3 aliphatic rings. The molecule has 0 amide bonds. The second-order valence-electron chi connectivity index (χ2n) is 14.5. The van der Waals surface area contributed by atoms with E-state index in [0.717, 1.165) is 27.0 Å². The molecule has 10 atom stereocenters. The van der Waals surface area contributed by atoms with Crippen LogP contribution in [0.25, 0.3) is 0 Å². The van der Waals surface area contributed by atoms with Gasteiger partial charge in [-0.3, -0.25) is 24.0 Å². The molecule has 15 heteroatoms. The first-order chi connectivity index (χ1) is 23.2. The standard InChI is InChI=1S/C35H48O15/c1-11-18(4)30(40)44-16-34-26(46-20(6)37)23(45-19(5)36)14-33(10,42)35(34)27(47-21(7)38)24(32(8,9)50-35)25(48-29(39)17(2)3)28(34)49-31(41)22-12-13-43-15-22/h12-13,15,17-18,23-28,42H,11,14,16H2,1-10H3/t18?,23-,24?,25+,26-,27?,28?,33-,34-,35?/m0/s1. The Bertz CT molecular complexity index is 1480. The fourth-order valence-electron chi connectivity index (χ4n) is 7.98. The predicted octanol–water partition coefficient (Wildman–Crippen LogP) is 3.08. The Hall–Kier alpha value is -3.98. The summed E-state index contributed by atoms with van der Waals surface area (Å²) in [4.78, 5) is 79.5. The topological polar surface area (TPSA) is 200 Å². The van der Waals surface area contributed by atoms with Gasteiger partial charge < -0.3 is 42.7 Å². The predicted molar refractivity (Wildman–Crippen MR) is 169 cm³/mol. The molecule has 0 radical (unpaired) electrons. The summed E-state index contributed by atoms with van der Waals surface area (Å²) in [5, 5.41) is 12.7. The van der Waals surface area contributed by atoms with E-state index in [-0.39, 0.29) is 5.56 Å². The fraction of sp³-hybridized carbons (Fsp3) is 0.714. The van der Waals surface area contributed by atoms with Gasteiger partial charge in [-0.2, -0.15) is 0 Å². The van der Waals surface area contributed by atoms with Crippen LogP contribution >= 0.6 is 0 Å². The molecule has 1 aliphatic heterocycles. The summed E-state index contributed by atoms with van der Waals surface area (Å²) in [5.41, 5.74) is -8.21. The van der Waals surface area contributed by atoms with Gasteiger partial charge in [0.1, 0.15) is 36.6 Å². The van der Waals surface area contributed by atoms with Crippen molar-refractivity contribution >= 4 is 35.8 Å². The molecule has 1 saturated heterocycles. The summed E-state index contributed by atoms with van der Waals surface area (Å²) in [7, 11) is 0. The van der Waals surface area contributed by atoms with Gasteiger partial charge >= 0.3 is 35.8 Å². The van der Waals surface area contributed by atoms with E-state index >= 15 is 0 Å². The Labute approximate surface area is 290 Å². The first kappa shape index (κ1) is 38.8. The zero-order valence-electron chi connectivity index (χ0n) is 30.1. The van der Waals surface area contributed by atoms with Crippen LogP contribution < -0.4 is 0 Å². The Morgan fingerprint density at radius 2 is 1.46 bits per heavy atom. The Kier molecular flexibility index (Phi) is 10.8. The molecule has 2 saturated carbocycles. The molecule has 50 heavy (non-hydrogen) atoms. The van der Waals surface area contributed by atoms with Crippen LogP contribution in [0.3, 0.4) is 0 Å². The molecule has 1 spiro atoms. The number of carbonyl (C=O) groups is 6. The summed E-state index contributed by atoms with van der Waals surface area (Å²) >= 11 is 0. The third-order valence-corrected chi connectivity index (χ3v) is 10.1. The van der Waals surface area contributed by atoms with Gasteiger partial charge in [-0.05, 0) is 33.3 Å². The lowest BCUT2D eigenvalue weighted by molar-refractivity contribution is -0.363. The van der Waals surface area contributed by atoms with Gasteiger partial charge in [-0.25, -0.2) is 4.79 Å².